The first-order valence-electron chi connectivity index (χ1n) is 6.99. The lowest BCUT2D eigenvalue weighted by Gasteiger charge is -2.08. The van der Waals surface area contributed by atoms with Gasteiger partial charge in [0.25, 0.3) is 0 Å². The van der Waals surface area contributed by atoms with Gasteiger partial charge in [0, 0.05) is 12.8 Å². The molecule has 0 N–H and O–H groups in total. The van der Waals surface area contributed by atoms with Crippen molar-refractivity contribution in [3.05, 3.63) is 60.2 Å². The SMILES string of the molecule is COc1ccccc1-c1nnc(SCc2ccccc2)n1C. The highest BCUT2D eigenvalue weighted by atomic mass is 32.2. The molecule has 4 nitrogen and oxygen atoms in total. The number of benzene rings is 2. The molecular weight excluding hydrogens is 294 g/mol. The summed E-state index contributed by atoms with van der Waals surface area (Å²) < 4.78 is 7.41. The van der Waals surface area contributed by atoms with E-state index >= 15 is 0 Å². The predicted molar refractivity (Wildman–Crippen MR) is 89.0 cm³/mol. The molecule has 1 heterocycles. The first-order chi connectivity index (χ1) is 10.8. The van der Waals surface area contributed by atoms with E-state index in [-0.39, 0.29) is 0 Å². The average Bonchev–Trinajstić information content (AvgIpc) is 2.94. The fraction of sp³-hybridized carbons (Fsp3) is 0.176. The molecule has 0 spiro atoms. The van der Waals surface area contributed by atoms with Crippen molar-refractivity contribution in [3.8, 4) is 17.1 Å². The summed E-state index contributed by atoms with van der Waals surface area (Å²) in [6.45, 7) is 0. The molecule has 0 fully saturated rings. The predicted octanol–water partition coefficient (Wildman–Crippen LogP) is 3.78. The number of hydrogen-bond acceptors (Lipinski definition) is 4. The Bertz CT molecular complexity index is 756. The summed E-state index contributed by atoms with van der Waals surface area (Å²) in [4.78, 5) is 0. The third kappa shape index (κ3) is 2.99. The third-order valence-electron chi connectivity index (χ3n) is 3.39. The van der Waals surface area contributed by atoms with Crippen molar-refractivity contribution in [2.45, 2.75) is 10.9 Å². The van der Waals surface area contributed by atoms with E-state index in [1.807, 2.05) is 54.1 Å². The number of para-hydroxylation sites is 1. The zero-order valence-electron chi connectivity index (χ0n) is 12.6. The molecule has 5 heteroatoms. The minimum Gasteiger partial charge on any atom is -0.496 e. The van der Waals surface area contributed by atoms with Crippen molar-refractivity contribution in [2.75, 3.05) is 7.11 Å². The molecule has 2 aromatic carbocycles. The van der Waals surface area contributed by atoms with Gasteiger partial charge in [-0.15, -0.1) is 10.2 Å². The zero-order valence-corrected chi connectivity index (χ0v) is 13.4. The Morgan fingerprint density at radius 2 is 1.73 bits per heavy atom. The standard InChI is InChI=1S/C17H17N3OS/c1-20-16(14-10-6-7-11-15(14)21-2)18-19-17(20)22-12-13-8-4-3-5-9-13/h3-11H,12H2,1-2H3. The van der Waals surface area contributed by atoms with Crippen LogP contribution in [-0.4, -0.2) is 21.9 Å². The Labute approximate surface area is 134 Å². The van der Waals surface area contributed by atoms with Crippen molar-refractivity contribution >= 4 is 11.8 Å². The lowest BCUT2D eigenvalue weighted by molar-refractivity contribution is 0.416. The molecule has 0 saturated heterocycles. The minimum atomic E-state index is 0.803. The molecule has 22 heavy (non-hydrogen) atoms. The van der Waals surface area contributed by atoms with Gasteiger partial charge in [-0.05, 0) is 17.7 Å². The van der Waals surface area contributed by atoms with Gasteiger partial charge in [-0.1, -0.05) is 54.2 Å². The summed E-state index contributed by atoms with van der Waals surface area (Å²) in [5.41, 5.74) is 2.22. The van der Waals surface area contributed by atoms with Crippen LogP contribution in [0.1, 0.15) is 5.56 Å². The summed E-state index contributed by atoms with van der Waals surface area (Å²) in [6.07, 6.45) is 0. The highest BCUT2D eigenvalue weighted by Gasteiger charge is 2.14. The van der Waals surface area contributed by atoms with Gasteiger partial charge in [0.05, 0.1) is 12.7 Å². The molecule has 0 bridgehead atoms. The van der Waals surface area contributed by atoms with Crippen molar-refractivity contribution in [1.82, 2.24) is 14.8 Å². The van der Waals surface area contributed by atoms with Crippen LogP contribution in [-0.2, 0) is 12.8 Å². The quantitative estimate of drug-likeness (QED) is 0.672. The molecule has 0 amide bonds. The van der Waals surface area contributed by atoms with Crippen LogP contribution in [0.15, 0.2) is 59.8 Å². The Hall–Kier alpha value is -2.27. The molecule has 0 unspecified atom stereocenters. The van der Waals surface area contributed by atoms with E-state index in [0.29, 0.717) is 0 Å². The number of hydrogen-bond donors (Lipinski definition) is 0. The van der Waals surface area contributed by atoms with E-state index in [1.54, 1.807) is 18.9 Å². The molecule has 0 atom stereocenters. The van der Waals surface area contributed by atoms with Crippen molar-refractivity contribution in [2.24, 2.45) is 7.05 Å². The summed E-state index contributed by atoms with van der Waals surface area (Å²) >= 11 is 1.68. The lowest BCUT2D eigenvalue weighted by Crippen LogP contribution is -1.97. The first-order valence-corrected chi connectivity index (χ1v) is 7.97. The molecule has 3 aromatic rings. The number of rotatable bonds is 5. The van der Waals surface area contributed by atoms with Crippen LogP contribution < -0.4 is 4.74 Å². The van der Waals surface area contributed by atoms with Crippen molar-refractivity contribution in [1.29, 1.82) is 0 Å². The van der Waals surface area contributed by atoms with Crippen LogP contribution in [0.3, 0.4) is 0 Å². The maximum Gasteiger partial charge on any atom is 0.191 e. The maximum atomic E-state index is 5.41. The Balaban J connectivity index is 1.83. The smallest absolute Gasteiger partial charge is 0.191 e. The van der Waals surface area contributed by atoms with Crippen molar-refractivity contribution < 1.29 is 4.74 Å². The van der Waals surface area contributed by atoms with E-state index < -0.39 is 0 Å². The second kappa shape index (κ2) is 6.66. The monoisotopic (exact) mass is 311 g/mol. The molecule has 0 aliphatic carbocycles. The van der Waals surface area contributed by atoms with Gasteiger partial charge in [-0.3, -0.25) is 0 Å². The van der Waals surface area contributed by atoms with E-state index in [0.717, 1.165) is 28.0 Å². The number of thioether (sulfide) groups is 1. The normalized spacial score (nSPS) is 10.6. The number of nitrogens with zero attached hydrogens (tertiary/aromatic N) is 3. The fourth-order valence-corrected chi connectivity index (χ4v) is 3.09. The minimum absolute atomic E-state index is 0.803. The number of ether oxygens (including phenoxy) is 1. The summed E-state index contributed by atoms with van der Waals surface area (Å²) in [5, 5.41) is 9.52. The molecule has 0 aliphatic heterocycles. The number of methoxy groups -OCH3 is 1. The van der Waals surface area contributed by atoms with E-state index in [1.165, 1.54) is 5.56 Å². The van der Waals surface area contributed by atoms with Crippen LogP contribution >= 0.6 is 11.8 Å². The van der Waals surface area contributed by atoms with Gasteiger partial charge < -0.3 is 9.30 Å². The van der Waals surface area contributed by atoms with Gasteiger partial charge in [0.1, 0.15) is 5.75 Å². The third-order valence-corrected chi connectivity index (χ3v) is 4.48. The molecule has 0 aliphatic rings. The Kier molecular flexibility index (Phi) is 4.44. The van der Waals surface area contributed by atoms with Gasteiger partial charge >= 0.3 is 0 Å². The lowest BCUT2D eigenvalue weighted by atomic mass is 10.2. The number of aromatic nitrogens is 3. The highest BCUT2D eigenvalue weighted by molar-refractivity contribution is 7.98. The zero-order chi connectivity index (χ0) is 15.4. The molecule has 0 radical (unpaired) electrons. The molecule has 0 saturated carbocycles. The second-order valence-electron chi connectivity index (χ2n) is 4.84. The molecule has 3 rings (SSSR count). The largest absolute Gasteiger partial charge is 0.496 e. The first kappa shape index (κ1) is 14.7. The van der Waals surface area contributed by atoms with Gasteiger partial charge in [0.15, 0.2) is 11.0 Å². The van der Waals surface area contributed by atoms with Crippen LogP contribution in [0, 0.1) is 0 Å². The van der Waals surface area contributed by atoms with Crippen LogP contribution in [0.25, 0.3) is 11.4 Å². The summed E-state index contributed by atoms with van der Waals surface area (Å²) in [5.74, 6) is 2.49. The average molecular weight is 311 g/mol. The van der Waals surface area contributed by atoms with Gasteiger partial charge in [-0.2, -0.15) is 0 Å². The van der Waals surface area contributed by atoms with Crippen LogP contribution in [0.2, 0.25) is 0 Å². The van der Waals surface area contributed by atoms with Crippen molar-refractivity contribution in [3.63, 3.8) is 0 Å². The van der Waals surface area contributed by atoms with E-state index in [2.05, 4.69) is 22.3 Å². The summed E-state index contributed by atoms with van der Waals surface area (Å²) in [7, 11) is 3.65. The fourth-order valence-electron chi connectivity index (χ4n) is 2.23. The maximum absolute atomic E-state index is 5.41. The molecule has 112 valence electrons. The van der Waals surface area contributed by atoms with Crippen LogP contribution in [0.4, 0.5) is 0 Å². The Morgan fingerprint density at radius 1 is 1.00 bits per heavy atom. The topological polar surface area (TPSA) is 39.9 Å². The molecular formula is C17H17N3OS. The molecule has 1 aromatic heterocycles. The highest BCUT2D eigenvalue weighted by Crippen LogP contribution is 2.30. The summed E-state index contributed by atoms with van der Waals surface area (Å²) in [6, 6.07) is 18.2. The van der Waals surface area contributed by atoms with Crippen LogP contribution in [0.5, 0.6) is 5.75 Å². The van der Waals surface area contributed by atoms with Gasteiger partial charge in [0.2, 0.25) is 0 Å². The van der Waals surface area contributed by atoms with Gasteiger partial charge in [-0.25, -0.2) is 0 Å². The van der Waals surface area contributed by atoms with E-state index in [4.69, 9.17) is 4.74 Å². The Morgan fingerprint density at radius 3 is 2.50 bits per heavy atom. The second-order valence-corrected chi connectivity index (χ2v) is 5.78. The van der Waals surface area contributed by atoms with E-state index in [9.17, 15) is 0 Å².